The summed E-state index contributed by atoms with van der Waals surface area (Å²) in [7, 11) is 0. The van der Waals surface area contributed by atoms with Gasteiger partial charge in [0.2, 0.25) is 0 Å². The second-order valence-electron chi connectivity index (χ2n) is 4.68. The first-order valence-corrected chi connectivity index (χ1v) is 6.79. The number of nitrogens with two attached hydrogens (primary N) is 1. The SMILES string of the molecule is NCC1(C2CCCCC2O)CCCS1. The standard InChI is InChI=1S/C11H21NOS/c12-8-11(6-3-7-14-11)9-4-1-2-5-10(9)13/h9-10,13H,1-8,12H2. The van der Waals surface area contributed by atoms with Gasteiger partial charge in [0.1, 0.15) is 0 Å². The second kappa shape index (κ2) is 4.42. The van der Waals surface area contributed by atoms with Crippen LogP contribution in [0.3, 0.4) is 0 Å². The molecule has 2 nitrogen and oxygen atoms in total. The molecule has 2 rings (SSSR count). The molecule has 3 unspecified atom stereocenters. The Morgan fingerprint density at radius 3 is 2.64 bits per heavy atom. The summed E-state index contributed by atoms with van der Waals surface area (Å²) in [6, 6.07) is 0. The maximum absolute atomic E-state index is 10.1. The first-order valence-electron chi connectivity index (χ1n) is 5.80. The van der Waals surface area contributed by atoms with Gasteiger partial charge in [0, 0.05) is 17.2 Å². The van der Waals surface area contributed by atoms with E-state index < -0.39 is 0 Å². The van der Waals surface area contributed by atoms with Crippen molar-refractivity contribution in [1.29, 1.82) is 0 Å². The van der Waals surface area contributed by atoms with Gasteiger partial charge in [-0.3, -0.25) is 0 Å². The molecule has 3 atom stereocenters. The van der Waals surface area contributed by atoms with Crippen LogP contribution >= 0.6 is 11.8 Å². The van der Waals surface area contributed by atoms with E-state index in [2.05, 4.69) is 0 Å². The van der Waals surface area contributed by atoms with Crippen LogP contribution in [0.25, 0.3) is 0 Å². The van der Waals surface area contributed by atoms with E-state index in [1.54, 1.807) is 0 Å². The van der Waals surface area contributed by atoms with E-state index in [9.17, 15) is 5.11 Å². The zero-order valence-corrected chi connectivity index (χ0v) is 9.56. The molecule has 0 aromatic carbocycles. The molecule has 1 aliphatic heterocycles. The Balaban J connectivity index is 2.09. The van der Waals surface area contributed by atoms with Gasteiger partial charge in [0.05, 0.1) is 6.10 Å². The Labute approximate surface area is 90.6 Å². The normalized spacial score (nSPS) is 44.1. The summed E-state index contributed by atoms with van der Waals surface area (Å²) in [5.74, 6) is 1.70. The van der Waals surface area contributed by atoms with Crippen LogP contribution in [0.1, 0.15) is 38.5 Å². The maximum Gasteiger partial charge on any atom is 0.0582 e. The first-order chi connectivity index (χ1) is 6.78. The van der Waals surface area contributed by atoms with Crippen molar-refractivity contribution in [2.24, 2.45) is 11.7 Å². The van der Waals surface area contributed by atoms with Gasteiger partial charge < -0.3 is 10.8 Å². The van der Waals surface area contributed by atoms with Gasteiger partial charge in [0.25, 0.3) is 0 Å². The van der Waals surface area contributed by atoms with E-state index in [4.69, 9.17) is 5.73 Å². The highest BCUT2D eigenvalue weighted by molar-refractivity contribution is 8.00. The Hall–Kier alpha value is 0.270. The molecule has 2 fully saturated rings. The predicted molar refractivity (Wildman–Crippen MR) is 61.4 cm³/mol. The van der Waals surface area contributed by atoms with Crippen molar-refractivity contribution >= 4 is 11.8 Å². The molecule has 0 radical (unpaired) electrons. The third-order valence-electron chi connectivity index (χ3n) is 3.88. The van der Waals surface area contributed by atoms with Crippen molar-refractivity contribution in [3.63, 3.8) is 0 Å². The summed E-state index contributed by atoms with van der Waals surface area (Å²) in [4.78, 5) is 0. The molecular weight excluding hydrogens is 194 g/mol. The molecule has 82 valence electrons. The van der Waals surface area contributed by atoms with E-state index in [-0.39, 0.29) is 10.9 Å². The van der Waals surface area contributed by atoms with Crippen molar-refractivity contribution in [3.8, 4) is 0 Å². The summed E-state index contributed by atoms with van der Waals surface area (Å²) in [5, 5.41) is 10.1. The summed E-state index contributed by atoms with van der Waals surface area (Å²) in [5.41, 5.74) is 5.93. The smallest absolute Gasteiger partial charge is 0.0582 e. The molecule has 0 bridgehead atoms. The fourth-order valence-corrected chi connectivity index (χ4v) is 4.64. The number of thioether (sulfide) groups is 1. The van der Waals surface area contributed by atoms with E-state index >= 15 is 0 Å². The number of aliphatic hydroxyl groups excluding tert-OH is 1. The van der Waals surface area contributed by atoms with Crippen molar-refractivity contribution in [1.82, 2.24) is 0 Å². The monoisotopic (exact) mass is 215 g/mol. The van der Waals surface area contributed by atoms with Crippen LogP contribution in [0, 0.1) is 5.92 Å². The minimum absolute atomic E-state index is 0.0853. The molecule has 0 amide bonds. The molecule has 14 heavy (non-hydrogen) atoms. The molecule has 0 spiro atoms. The van der Waals surface area contributed by atoms with Crippen molar-refractivity contribution < 1.29 is 5.11 Å². The van der Waals surface area contributed by atoms with Crippen LogP contribution in [0.5, 0.6) is 0 Å². The topological polar surface area (TPSA) is 46.2 Å². The summed E-state index contributed by atoms with van der Waals surface area (Å²) in [6.07, 6.45) is 7.07. The average Bonchev–Trinajstić information content (AvgIpc) is 2.68. The molecule has 3 heteroatoms. The Bertz CT molecular complexity index is 192. The first kappa shape index (κ1) is 10.8. The minimum Gasteiger partial charge on any atom is -0.393 e. The lowest BCUT2D eigenvalue weighted by atomic mass is 9.75. The molecule has 1 saturated carbocycles. The highest BCUT2D eigenvalue weighted by Gasteiger charge is 2.44. The molecule has 0 aromatic rings. The highest BCUT2D eigenvalue weighted by Crippen LogP contribution is 2.48. The third-order valence-corrected chi connectivity index (χ3v) is 5.63. The van der Waals surface area contributed by atoms with Gasteiger partial charge in [-0.1, -0.05) is 12.8 Å². The van der Waals surface area contributed by atoms with Gasteiger partial charge >= 0.3 is 0 Å². The fraction of sp³-hybridized carbons (Fsp3) is 1.00. The molecule has 3 N–H and O–H groups in total. The van der Waals surface area contributed by atoms with Crippen LogP contribution in [-0.4, -0.2) is 28.3 Å². The number of hydrogen-bond donors (Lipinski definition) is 2. The van der Waals surface area contributed by atoms with Gasteiger partial charge in [-0.15, -0.1) is 0 Å². The quantitative estimate of drug-likeness (QED) is 0.738. The van der Waals surface area contributed by atoms with Crippen LogP contribution in [0.2, 0.25) is 0 Å². The van der Waals surface area contributed by atoms with Gasteiger partial charge in [-0.25, -0.2) is 0 Å². The van der Waals surface area contributed by atoms with Crippen molar-refractivity contribution in [2.45, 2.75) is 49.4 Å². The van der Waals surface area contributed by atoms with Crippen LogP contribution < -0.4 is 5.73 Å². The largest absolute Gasteiger partial charge is 0.393 e. The maximum atomic E-state index is 10.1. The van der Waals surface area contributed by atoms with Crippen LogP contribution in [0.4, 0.5) is 0 Å². The predicted octanol–water partition coefficient (Wildman–Crippen LogP) is 1.76. The summed E-state index contributed by atoms with van der Waals surface area (Å²) >= 11 is 2.02. The fourth-order valence-electron chi connectivity index (χ4n) is 3.05. The molecule has 1 heterocycles. The van der Waals surface area contributed by atoms with Crippen LogP contribution in [0.15, 0.2) is 0 Å². The van der Waals surface area contributed by atoms with Crippen LogP contribution in [-0.2, 0) is 0 Å². The molecule has 1 aliphatic carbocycles. The van der Waals surface area contributed by atoms with Crippen molar-refractivity contribution in [3.05, 3.63) is 0 Å². The summed E-state index contributed by atoms with van der Waals surface area (Å²) < 4.78 is 0.222. The van der Waals surface area contributed by atoms with Gasteiger partial charge in [0.15, 0.2) is 0 Å². The summed E-state index contributed by atoms with van der Waals surface area (Å²) in [6.45, 7) is 0.749. The van der Waals surface area contributed by atoms with E-state index in [1.807, 2.05) is 11.8 Å². The zero-order chi connectivity index (χ0) is 10.0. The van der Waals surface area contributed by atoms with E-state index in [0.717, 1.165) is 13.0 Å². The minimum atomic E-state index is -0.0853. The van der Waals surface area contributed by atoms with Gasteiger partial charge in [-0.05, 0) is 31.4 Å². The number of rotatable bonds is 2. The number of hydrogen-bond acceptors (Lipinski definition) is 3. The van der Waals surface area contributed by atoms with E-state index in [1.165, 1.54) is 37.9 Å². The Kier molecular flexibility index (Phi) is 3.40. The lowest BCUT2D eigenvalue weighted by Crippen LogP contribution is -2.46. The van der Waals surface area contributed by atoms with Crippen molar-refractivity contribution in [2.75, 3.05) is 12.3 Å². The Morgan fingerprint density at radius 2 is 2.07 bits per heavy atom. The molecule has 1 saturated heterocycles. The van der Waals surface area contributed by atoms with Gasteiger partial charge in [-0.2, -0.15) is 11.8 Å². The zero-order valence-electron chi connectivity index (χ0n) is 8.74. The molecule has 2 aliphatic rings. The van der Waals surface area contributed by atoms with E-state index in [0.29, 0.717) is 5.92 Å². The molecular formula is C11H21NOS. The lowest BCUT2D eigenvalue weighted by molar-refractivity contribution is 0.0484. The number of aliphatic hydroxyl groups is 1. The Morgan fingerprint density at radius 1 is 1.29 bits per heavy atom. The second-order valence-corrected chi connectivity index (χ2v) is 6.19. The third kappa shape index (κ3) is 1.82. The highest BCUT2D eigenvalue weighted by atomic mass is 32.2. The lowest BCUT2D eigenvalue weighted by Gasteiger charge is -2.41. The average molecular weight is 215 g/mol. The molecule has 0 aromatic heterocycles.